The van der Waals surface area contributed by atoms with Gasteiger partial charge >= 0.3 is 5.97 Å². The van der Waals surface area contributed by atoms with Gasteiger partial charge in [-0.1, -0.05) is 37.6 Å². The minimum atomic E-state index is -0.511. The predicted molar refractivity (Wildman–Crippen MR) is 80.5 cm³/mol. The lowest BCUT2D eigenvalue weighted by atomic mass is 9.67. The van der Waals surface area contributed by atoms with Crippen molar-refractivity contribution in [3.05, 3.63) is 35.4 Å². The Morgan fingerprint density at radius 1 is 1.40 bits per heavy atom. The summed E-state index contributed by atoms with van der Waals surface area (Å²) < 4.78 is 5.29. The van der Waals surface area contributed by atoms with Gasteiger partial charge in [-0.15, -0.1) is 0 Å². The first-order valence-corrected chi connectivity index (χ1v) is 7.62. The Morgan fingerprint density at radius 3 is 2.75 bits per heavy atom. The second-order valence-electron chi connectivity index (χ2n) is 5.76. The molecule has 1 aliphatic carbocycles. The van der Waals surface area contributed by atoms with E-state index in [-0.39, 0.29) is 5.97 Å². The maximum atomic E-state index is 12.4. The Balaban J connectivity index is 2.15. The lowest BCUT2D eigenvalue weighted by molar-refractivity contribution is -0.156. The quantitative estimate of drug-likeness (QED) is 0.778. The molecule has 0 aliphatic heterocycles. The molecule has 0 aromatic heterocycles. The number of hydrogen-bond donors (Lipinski definition) is 1. The second kappa shape index (κ2) is 6.40. The fourth-order valence-electron chi connectivity index (χ4n) is 3.34. The van der Waals surface area contributed by atoms with Crippen molar-refractivity contribution < 1.29 is 9.53 Å². The summed E-state index contributed by atoms with van der Waals surface area (Å²) >= 11 is 0. The highest BCUT2D eigenvalue weighted by molar-refractivity contribution is 5.77. The molecule has 2 atom stereocenters. The van der Waals surface area contributed by atoms with Gasteiger partial charge in [-0.3, -0.25) is 4.79 Å². The molecule has 2 rings (SSSR count). The molecule has 0 fully saturated rings. The van der Waals surface area contributed by atoms with Gasteiger partial charge in [-0.2, -0.15) is 0 Å². The molecule has 2 N–H and O–H groups in total. The van der Waals surface area contributed by atoms with E-state index in [0.717, 1.165) is 25.7 Å². The molecule has 110 valence electrons. The maximum Gasteiger partial charge on any atom is 0.313 e. The zero-order valence-electron chi connectivity index (χ0n) is 12.5. The monoisotopic (exact) mass is 275 g/mol. The van der Waals surface area contributed by atoms with Gasteiger partial charge in [0, 0.05) is 6.54 Å². The fourth-order valence-corrected chi connectivity index (χ4v) is 3.34. The molecule has 3 heteroatoms. The number of fused-ring (bicyclic) bond motifs is 1. The van der Waals surface area contributed by atoms with Gasteiger partial charge in [0.05, 0.1) is 12.0 Å². The maximum absolute atomic E-state index is 12.4. The summed E-state index contributed by atoms with van der Waals surface area (Å²) in [5, 5.41) is 0. The number of rotatable bonds is 7. The summed E-state index contributed by atoms with van der Waals surface area (Å²) in [7, 11) is 0. The first-order valence-electron chi connectivity index (χ1n) is 7.62. The van der Waals surface area contributed by atoms with E-state index in [2.05, 4.69) is 31.2 Å². The smallest absolute Gasteiger partial charge is 0.313 e. The van der Waals surface area contributed by atoms with E-state index < -0.39 is 5.41 Å². The highest BCUT2D eigenvalue weighted by Crippen LogP contribution is 2.44. The van der Waals surface area contributed by atoms with Crippen LogP contribution in [0.25, 0.3) is 0 Å². The topological polar surface area (TPSA) is 52.3 Å². The standard InChI is InChI=1S/C17H25NO2/c1-3-9-17(12-18,16(19)20-4-2)11-14-10-13-7-5-6-8-15(13)14/h5-8,14H,3-4,9-12,18H2,1-2H3. The van der Waals surface area contributed by atoms with Crippen molar-refractivity contribution in [3.63, 3.8) is 0 Å². The van der Waals surface area contributed by atoms with E-state index in [0.29, 0.717) is 19.1 Å². The Labute approximate surface area is 121 Å². The van der Waals surface area contributed by atoms with E-state index in [4.69, 9.17) is 10.5 Å². The van der Waals surface area contributed by atoms with Gasteiger partial charge < -0.3 is 10.5 Å². The van der Waals surface area contributed by atoms with Gasteiger partial charge in [0.25, 0.3) is 0 Å². The third-order valence-electron chi connectivity index (χ3n) is 4.43. The van der Waals surface area contributed by atoms with Gasteiger partial charge in [-0.25, -0.2) is 0 Å². The molecular formula is C17H25NO2. The number of hydrogen-bond acceptors (Lipinski definition) is 3. The minimum Gasteiger partial charge on any atom is -0.466 e. The SMILES string of the molecule is CCCC(CN)(CC1Cc2ccccc21)C(=O)OCC. The third kappa shape index (κ3) is 2.73. The Kier molecular flexibility index (Phi) is 4.81. The van der Waals surface area contributed by atoms with E-state index in [1.807, 2.05) is 6.92 Å². The van der Waals surface area contributed by atoms with E-state index in [1.165, 1.54) is 11.1 Å². The summed E-state index contributed by atoms with van der Waals surface area (Å²) in [5.74, 6) is 0.333. The van der Waals surface area contributed by atoms with Crippen molar-refractivity contribution in [1.29, 1.82) is 0 Å². The summed E-state index contributed by atoms with van der Waals surface area (Å²) in [6, 6.07) is 8.48. The first kappa shape index (κ1) is 15.0. The zero-order valence-corrected chi connectivity index (χ0v) is 12.5. The van der Waals surface area contributed by atoms with E-state index in [9.17, 15) is 4.79 Å². The molecule has 0 amide bonds. The number of nitrogens with two attached hydrogens (primary N) is 1. The number of ether oxygens (including phenoxy) is 1. The average Bonchev–Trinajstić information content (AvgIpc) is 2.44. The molecule has 20 heavy (non-hydrogen) atoms. The average molecular weight is 275 g/mol. The van der Waals surface area contributed by atoms with E-state index >= 15 is 0 Å². The summed E-state index contributed by atoms with van der Waals surface area (Å²) in [6.45, 7) is 4.74. The van der Waals surface area contributed by atoms with Crippen LogP contribution in [-0.4, -0.2) is 19.1 Å². The lowest BCUT2D eigenvalue weighted by Crippen LogP contribution is -2.42. The molecule has 0 saturated heterocycles. The molecular weight excluding hydrogens is 250 g/mol. The van der Waals surface area contributed by atoms with Crippen LogP contribution in [-0.2, 0) is 16.0 Å². The summed E-state index contributed by atoms with van der Waals surface area (Å²) in [6.07, 6.45) is 3.62. The molecule has 1 aliphatic rings. The molecule has 0 saturated carbocycles. The van der Waals surface area contributed by atoms with Crippen LogP contribution in [0.2, 0.25) is 0 Å². The molecule has 1 aromatic rings. The lowest BCUT2D eigenvalue weighted by Gasteiger charge is -2.38. The van der Waals surface area contributed by atoms with Crippen molar-refractivity contribution in [2.75, 3.05) is 13.2 Å². The fraction of sp³-hybridized carbons (Fsp3) is 0.588. The first-order chi connectivity index (χ1) is 9.66. The molecule has 2 unspecified atom stereocenters. The van der Waals surface area contributed by atoms with Crippen LogP contribution >= 0.6 is 0 Å². The number of carbonyl (C=O) groups excluding carboxylic acids is 1. The third-order valence-corrected chi connectivity index (χ3v) is 4.43. The van der Waals surface area contributed by atoms with Crippen molar-refractivity contribution in [2.45, 2.75) is 45.4 Å². The highest BCUT2D eigenvalue weighted by atomic mass is 16.5. The summed E-state index contributed by atoms with van der Waals surface area (Å²) in [4.78, 5) is 12.4. The van der Waals surface area contributed by atoms with Crippen LogP contribution in [0.4, 0.5) is 0 Å². The van der Waals surface area contributed by atoms with E-state index in [1.54, 1.807) is 0 Å². The molecule has 0 bridgehead atoms. The minimum absolute atomic E-state index is 0.117. The molecule has 0 heterocycles. The Hall–Kier alpha value is -1.35. The number of carbonyl (C=O) groups is 1. The number of esters is 1. The van der Waals surface area contributed by atoms with Crippen molar-refractivity contribution in [2.24, 2.45) is 11.1 Å². The van der Waals surface area contributed by atoms with Crippen molar-refractivity contribution in [1.82, 2.24) is 0 Å². The van der Waals surface area contributed by atoms with Crippen LogP contribution in [0.1, 0.15) is 50.2 Å². The van der Waals surface area contributed by atoms with Crippen LogP contribution < -0.4 is 5.73 Å². The molecule has 0 radical (unpaired) electrons. The van der Waals surface area contributed by atoms with Gasteiger partial charge in [0.15, 0.2) is 0 Å². The zero-order chi connectivity index (χ0) is 14.6. The van der Waals surface area contributed by atoms with Gasteiger partial charge in [-0.05, 0) is 43.2 Å². The Bertz CT molecular complexity index is 472. The van der Waals surface area contributed by atoms with Crippen LogP contribution in [0.5, 0.6) is 0 Å². The highest BCUT2D eigenvalue weighted by Gasteiger charge is 2.42. The second-order valence-corrected chi connectivity index (χ2v) is 5.76. The largest absolute Gasteiger partial charge is 0.466 e. The van der Waals surface area contributed by atoms with Gasteiger partial charge in [0.2, 0.25) is 0 Å². The summed E-state index contributed by atoms with van der Waals surface area (Å²) in [5.41, 5.74) is 8.25. The van der Waals surface area contributed by atoms with Crippen LogP contribution in [0.15, 0.2) is 24.3 Å². The Morgan fingerprint density at radius 2 is 2.15 bits per heavy atom. The van der Waals surface area contributed by atoms with Gasteiger partial charge in [0.1, 0.15) is 0 Å². The molecule has 0 spiro atoms. The van der Waals surface area contributed by atoms with Crippen molar-refractivity contribution in [3.8, 4) is 0 Å². The molecule has 3 nitrogen and oxygen atoms in total. The normalized spacial score (nSPS) is 19.6. The van der Waals surface area contributed by atoms with Crippen LogP contribution in [0.3, 0.4) is 0 Å². The predicted octanol–water partition coefficient (Wildman–Crippen LogP) is 3.02. The molecule has 1 aromatic carbocycles. The number of benzene rings is 1. The van der Waals surface area contributed by atoms with Crippen molar-refractivity contribution >= 4 is 5.97 Å². The van der Waals surface area contributed by atoms with Crippen LogP contribution in [0, 0.1) is 5.41 Å².